The third kappa shape index (κ3) is 5.17. The van der Waals surface area contributed by atoms with Crippen LogP contribution in [0.2, 0.25) is 0 Å². The highest BCUT2D eigenvalue weighted by atomic mass is 32.2. The molecule has 0 unspecified atom stereocenters. The first-order valence-corrected chi connectivity index (χ1v) is 7.91. The van der Waals surface area contributed by atoms with Gasteiger partial charge in [-0.3, -0.25) is 0 Å². The summed E-state index contributed by atoms with van der Waals surface area (Å²) in [5.74, 6) is 1.47. The predicted molar refractivity (Wildman–Crippen MR) is 86.6 cm³/mol. The second-order valence-corrected chi connectivity index (χ2v) is 5.15. The highest BCUT2D eigenvalue weighted by molar-refractivity contribution is 7.98. The normalized spacial score (nSPS) is 11.0. The molecular weight excluding hydrogens is 302 g/mol. The van der Waals surface area contributed by atoms with Crippen LogP contribution in [0.15, 0.2) is 28.9 Å². The molecule has 0 saturated heterocycles. The van der Waals surface area contributed by atoms with Gasteiger partial charge in [0.25, 0.3) is 0 Å². The van der Waals surface area contributed by atoms with E-state index < -0.39 is 0 Å². The zero-order valence-electron chi connectivity index (χ0n) is 13.3. The molecule has 5 nitrogen and oxygen atoms in total. The van der Waals surface area contributed by atoms with E-state index in [1.807, 2.05) is 18.4 Å². The molecule has 0 aromatic heterocycles. The van der Waals surface area contributed by atoms with Crippen LogP contribution in [0.25, 0.3) is 0 Å². The minimum absolute atomic E-state index is 0.416. The van der Waals surface area contributed by atoms with Crippen molar-refractivity contribution in [1.82, 2.24) is 0 Å². The van der Waals surface area contributed by atoms with Crippen LogP contribution in [0.4, 0.5) is 0 Å². The number of hydrogen-bond donors (Lipinski definition) is 0. The zero-order valence-corrected chi connectivity index (χ0v) is 14.2. The summed E-state index contributed by atoms with van der Waals surface area (Å²) < 4.78 is 21.0. The fraction of sp³-hybridized carbons (Fsp3) is 0.438. The summed E-state index contributed by atoms with van der Waals surface area (Å²) in [6.45, 7) is 0.902. The summed E-state index contributed by atoms with van der Waals surface area (Å²) in [5, 5.41) is 9.20. The number of rotatable bonds is 9. The second kappa shape index (κ2) is 9.98. The van der Waals surface area contributed by atoms with Crippen molar-refractivity contribution >= 4 is 11.8 Å². The molecule has 120 valence electrons. The molecule has 0 atom stereocenters. The second-order valence-electron chi connectivity index (χ2n) is 4.33. The Bertz CT molecular complexity index is 527. The smallest absolute Gasteiger partial charge is 0.136 e. The molecule has 1 rings (SSSR count). The summed E-state index contributed by atoms with van der Waals surface area (Å²) in [6, 6.07) is 5.96. The number of nitrogens with zero attached hydrogens (tertiary/aromatic N) is 1. The number of thioether (sulfide) groups is 1. The zero-order chi connectivity index (χ0) is 16.4. The quantitative estimate of drug-likeness (QED) is 0.301. The van der Waals surface area contributed by atoms with E-state index in [0.717, 1.165) is 22.0 Å². The Morgan fingerprint density at radius 2 is 1.82 bits per heavy atom. The van der Waals surface area contributed by atoms with Gasteiger partial charge in [0.1, 0.15) is 18.1 Å². The lowest BCUT2D eigenvalue weighted by Crippen LogP contribution is -1.99. The van der Waals surface area contributed by atoms with E-state index in [1.54, 1.807) is 33.1 Å². The summed E-state index contributed by atoms with van der Waals surface area (Å²) in [6.07, 6.45) is 3.88. The molecule has 0 aliphatic carbocycles. The molecule has 0 amide bonds. The van der Waals surface area contributed by atoms with E-state index in [-0.39, 0.29) is 0 Å². The van der Waals surface area contributed by atoms with Crippen molar-refractivity contribution in [1.29, 1.82) is 5.26 Å². The van der Waals surface area contributed by atoms with Crippen LogP contribution in [-0.2, 0) is 15.9 Å². The Balaban J connectivity index is 2.94. The largest absolute Gasteiger partial charge is 0.498 e. The van der Waals surface area contributed by atoms with Crippen LogP contribution in [0, 0.1) is 11.3 Å². The lowest BCUT2D eigenvalue weighted by molar-refractivity contribution is 0.123. The third-order valence-electron chi connectivity index (χ3n) is 2.89. The molecule has 0 aliphatic heterocycles. The van der Waals surface area contributed by atoms with Crippen LogP contribution < -0.4 is 9.47 Å². The van der Waals surface area contributed by atoms with Gasteiger partial charge in [0.05, 0.1) is 43.6 Å². The molecule has 0 radical (unpaired) electrons. The van der Waals surface area contributed by atoms with Gasteiger partial charge in [-0.15, -0.1) is 11.8 Å². The van der Waals surface area contributed by atoms with E-state index >= 15 is 0 Å². The number of benzene rings is 1. The van der Waals surface area contributed by atoms with Crippen molar-refractivity contribution in [3.05, 3.63) is 29.5 Å². The number of hydrogen-bond acceptors (Lipinski definition) is 6. The van der Waals surface area contributed by atoms with Gasteiger partial charge in [0, 0.05) is 13.5 Å². The number of ether oxygens (including phenoxy) is 4. The van der Waals surface area contributed by atoms with E-state index in [9.17, 15) is 5.26 Å². The van der Waals surface area contributed by atoms with E-state index in [1.165, 1.54) is 6.26 Å². The van der Waals surface area contributed by atoms with Crippen LogP contribution in [0.3, 0.4) is 0 Å². The van der Waals surface area contributed by atoms with Crippen molar-refractivity contribution in [2.45, 2.75) is 11.3 Å². The van der Waals surface area contributed by atoms with Gasteiger partial charge >= 0.3 is 0 Å². The monoisotopic (exact) mass is 323 g/mol. The van der Waals surface area contributed by atoms with Gasteiger partial charge in [-0.25, -0.2) is 0 Å². The van der Waals surface area contributed by atoms with E-state index in [0.29, 0.717) is 25.2 Å². The maximum absolute atomic E-state index is 9.20. The van der Waals surface area contributed by atoms with Crippen LogP contribution in [-0.4, -0.2) is 40.8 Å². The van der Waals surface area contributed by atoms with Gasteiger partial charge in [0.2, 0.25) is 0 Å². The minimum Gasteiger partial charge on any atom is -0.498 e. The van der Waals surface area contributed by atoms with Crippen molar-refractivity contribution in [3.63, 3.8) is 0 Å². The molecule has 6 heteroatoms. The fourth-order valence-corrected chi connectivity index (χ4v) is 2.54. The maximum atomic E-state index is 9.20. The highest BCUT2D eigenvalue weighted by Crippen LogP contribution is 2.38. The first kappa shape index (κ1) is 18.2. The fourth-order valence-electron chi connectivity index (χ4n) is 1.86. The summed E-state index contributed by atoms with van der Waals surface area (Å²) in [4.78, 5) is 0.938. The summed E-state index contributed by atoms with van der Waals surface area (Å²) in [7, 11) is 4.84. The maximum Gasteiger partial charge on any atom is 0.136 e. The van der Waals surface area contributed by atoms with Gasteiger partial charge < -0.3 is 18.9 Å². The standard InChI is InChI=1S/C16H21NO4S/c1-18-5-6-21-11-13(10-17)7-12-8-14(19-2)16(22-4)15(9-12)20-3/h8-9,11H,5-7H2,1-4H3. The molecule has 0 N–H and O–H groups in total. The summed E-state index contributed by atoms with van der Waals surface area (Å²) >= 11 is 1.56. The first-order valence-electron chi connectivity index (χ1n) is 6.68. The molecule has 0 aliphatic rings. The van der Waals surface area contributed by atoms with Gasteiger partial charge in [-0.05, 0) is 24.0 Å². The Morgan fingerprint density at radius 1 is 1.18 bits per heavy atom. The van der Waals surface area contributed by atoms with E-state index in [4.69, 9.17) is 18.9 Å². The van der Waals surface area contributed by atoms with Crippen molar-refractivity contribution in [3.8, 4) is 17.6 Å². The molecule has 22 heavy (non-hydrogen) atoms. The lowest BCUT2D eigenvalue weighted by atomic mass is 10.1. The Morgan fingerprint density at radius 3 is 2.27 bits per heavy atom. The van der Waals surface area contributed by atoms with Crippen molar-refractivity contribution < 1.29 is 18.9 Å². The van der Waals surface area contributed by atoms with Crippen LogP contribution in [0.1, 0.15) is 5.56 Å². The highest BCUT2D eigenvalue weighted by Gasteiger charge is 2.12. The Labute approximate surface area is 135 Å². The lowest BCUT2D eigenvalue weighted by Gasteiger charge is -2.13. The van der Waals surface area contributed by atoms with Gasteiger partial charge in [-0.1, -0.05) is 0 Å². The first-order chi connectivity index (χ1) is 10.7. The van der Waals surface area contributed by atoms with Crippen molar-refractivity contribution in [2.75, 3.05) is 40.8 Å². The average Bonchev–Trinajstić information content (AvgIpc) is 2.56. The number of nitriles is 1. The number of allylic oxidation sites excluding steroid dienone is 1. The molecular formula is C16H21NO4S. The Kier molecular flexibility index (Phi) is 8.26. The van der Waals surface area contributed by atoms with E-state index in [2.05, 4.69) is 6.07 Å². The van der Waals surface area contributed by atoms with Gasteiger partial charge in [0.15, 0.2) is 0 Å². The topological polar surface area (TPSA) is 60.7 Å². The molecule has 1 aromatic carbocycles. The van der Waals surface area contributed by atoms with Crippen LogP contribution >= 0.6 is 11.8 Å². The predicted octanol–water partition coefficient (Wildman–Crippen LogP) is 3.04. The molecule has 1 aromatic rings. The molecule has 0 saturated carbocycles. The summed E-state index contributed by atoms with van der Waals surface area (Å²) in [5.41, 5.74) is 1.45. The number of methoxy groups -OCH3 is 3. The van der Waals surface area contributed by atoms with Crippen LogP contribution in [0.5, 0.6) is 11.5 Å². The van der Waals surface area contributed by atoms with Gasteiger partial charge in [-0.2, -0.15) is 5.26 Å². The average molecular weight is 323 g/mol. The SMILES string of the molecule is COCCOC=C(C#N)Cc1cc(OC)c(SC)c(OC)c1. The molecule has 0 fully saturated rings. The van der Waals surface area contributed by atoms with Crippen molar-refractivity contribution in [2.24, 2.45) is 0 Å². The molecule has 0 heterocycles. The minimum atomic E-state index is 0.416. The Hall–Kier alpha value is -1.84. The molecule has 0 bridgehead atoms. The molecule has 0 spiro atoms. The third-order valence-corrected chi connectivity index (χ3v) is 3.70.